The third-order valence-corrected chi connectivity index (χ3v) is 14.7. The predicted molar refractivity (Wildman–Crippen MR) is 216 cm³/mol. The van der Waals surface area contributed by atoms with Crippen LogP contribution in [0.3, 0.4) is 0 Å². The van der Waals surface area contributed by atoms with Crippen LogP contribution in [0.5, 0.6) is 5.75 Å². The van der Waals surface area contributed by atoms with Crippen LogP contribution in [0.15, 0.2) is 65.2 Å². The van der Waals surface area contributed by atoms with E-state index in [4.69, 9.17) is 21.1 Å². The molecule has 2 aromatic carbocycles. The predicted octanol–water partition coefficient (Wildman–Crippen LogP) is 7.96. The van der Waals surface area contributed by atoms with Gasteiger partial charge in [0.1, 0.15) is 15.7 Å². The van der Waals surface area contributed by atoms with E-state index in [1.54, 1.807) is 36.9 Å². The molecule has 3 aliphatic rings. The maximum atomic E-state index is 14.9. The molecule has 6 rings (SSSR count). The Balaban J connectivity index is 1.24. The smallest absolute Gasteiger partial charge is 0.286 e. The van der Waals surface area contributed by atoms with Crippen LogP contribution in [0.1, 0.15) is 93.4 Å². The number of nitrogens with one attached hydrogen (secondary N) is 1. The number of allylic oxidation sites excluding steroid dienone is 1. The third-order valence-electron chi connectivity index (χ3n) is 12.0. The van der Waals surface area contributed by atoms with Crippen molar-refractivity contribution in [3.63, 3.8) is 0 Å². The van der Waals surface area contributed by atoms with Crippen LogP contribution in [-0.2, 0) is 44.2 Å². The quantitative estimate of drug-likeness (QED) is 0.175. The Hall–Kier alpha value is -3.67. The fourth-order valence-corrected chi connectivity index (χ4v) is 10.4. The molecule has 1 fully saturated rings. The van der Waals surface area contributed by atoms with Gasteiger partial charge in [0.2, 0.25) is 5.91 Å². The molecule has 1 N–H and O–H groups in total. The normalized spacial score (nSPS) is 23.6. The molecule has 1 saturated carbocycles. The van der Waals surface area contributed by atoms with E-state index in [1.807, 2.05) is 39.2 Å². The Labute approximate surface area is 326 Å². The summed E-state index contributed by atoms with van der Waals surface area (Å²) >= 11 is 6.37. The number of anilines is 1. The SMILES string of the molecule is CCn1ccc(CCC(=O)NS(=O)(=NC(=O)c2ccc3c(c2)N(C)C[C@@]2(CCCc4cc(Cl)ccc42)CO3)[C@H](C)[C@@H](C)C/C=C/[C@H](OC)[C@@H]2CC[C@H]2C)n1. The highest BCUT2D eigenvalue weighted by Crippen LogP contribution is 2.44. The molecule has 1 unspecified atom stereocenters. The number of methoxy groups -OCH3 is 1. The van der Waals surface area contributed by atoms with Gasteiger partial charge in [0.05, 0.1) is 29.3 Å². The Morgan fingerprint density at radius 1 is 1.20 bits per heavy atom. The Morgan fingerprint density at radius 2 is 2.02 bits per heavy atom. The number of amides is 2. The molecular formula is C42H56ClN5O5S. The minimum absolute atomic E-state index is 0.0271. The van der Waals surface area contributed by atoms with Crippen molar-refractivity contribution in [2.24, 2.45) is 22.1 Å². The van der Waals surface area contributed by atoms with Gasteiger partial charge < -0.3 is 14.4 Å². The van der Waals surface area contributed by atoms with E-state index in [2.05, 4.69) is 50.3 Å². The van der Waals surface area contributed by atoms with Crippen molar-refractivity contribution >= 4 is 39.0 Å². The van der Waals surface area contributed by atoms with Crippen molar-refractivity contribution in [1.82, 2.24) is 14.5 Å². The van der Waals surface area contributed by atoms with Gasteiger partial charge in [-0.25, -0.2) is 4.21 Å². The summed E-state index contributed by atoms with van der Waals surface area (Å²) in [4.78, 5) is 29.6. The molecule has 2 heterocycles. The average molecular weight is 778 g/mol. The molecule has 2 amide bonds. The Bertz CT molecular complexity index is 1990. The molecule has 54 heavy (non-hydrogen) atoms. The molecule has 0 saturated heterocycles. The first-order valence-electron chi connectivity index (χ1n) is 19.4. The molecule has 1 aliphatic heterocycles. The van der Waals surface area contributed by atoms with Crippen LogP contribution >= 0.6 is 11.6 Å². The maximum Gasteiger partial charge on any atom is 0.286 e. The molecule has 10 nitrogen and oxygen atoms in total. The minimum atomic E-state index is -3.56. The lowest BCUT2D eigenvalue weighted by Gasteiger charge is -2.39. The first-order valence-corrected chi connectivity index (χ1v) is 21.4. The van der Waals surface area contributed by atoms with Crippen molar-refractivity contribution in [2.45, 2.75) is 102 Å². The van der Waals surface area contributed by atoms with Crippen LogP contribution < -0.4 is 14.4 Å². The van der Waals surface area contributed by atoms with Gasteiger partial charge in [-0.05, 0) is 118 Å². The molecular weight excluding hydrogens is 722 g/mol. The van der Waals surface area contributed by atoms with Crippen molar-refractivity contribution in [1.29, 1.82) is 0 Å². The number of nitrogens with zero attached hydrogens (tertiary/aromatic N) is 4. The average Bonchev–Trinajstić information content (AvgIpc) is 3.57. The number of carbonyl (C=O) groups excluding carboxylic acids is 2. The van der Waals surface area contributed by atoms with E-state index in [0.717, 1.165) is 48.6 Å². The van der Waals surface area contributed by atoms with Gasteiger partial charge in [-0.15, -0.1) is 4.36 Å². The number of aryl methyl sites for hydroxylation is 3. The van der Waals surface area contributed by atoms with Gasteiger partial charge in [-0.2, -0.15) is 5.10 Å². The fourth-order valence-electron chi connectivity index (χ4n) is 8.28. The van der Waals surface area contributed by atoms with Crippen LogP contribution in [0.25, 0.3) is 0 Å². The van der Waals surface area contributed by atoms with Crippen molar-refractivity contribution in [3.05, 3.63) is 88.2 Å². The number of aromatic nitrogens is 2. The number of hydrogen-bond acceptors (Lipinski definition) is 7. The highest BCUT2D eigenvalue weighted by Gasteiger charge is 2.41. The molecule has 1 spiro atoms. The number of benzene rings is 2. The second-order valence-electron chi connectivity index (χ2n) is 15.7. The number of rotatable bonds is 13. The molecule has 1 aromatic heterocycles. The summed E-state index contributed by atoms with van der Waals surface area (Å²) in [7, 11) is 0.182. The summed E-state index contributed by atoms with van der Waals surface area (Å²) in [6.45, 7) is 9.95. The summed E-state index contributed by atoms with van der Waals surface area (Å²) in [5.74, 6) is 0.527. The maximum absolute atomic E-state index is 14.9. The topological polar surface area (TPSA) is 115 Å². The van der Waals surface area contributed by atoms with Crippen molar-refractivity contribution in [2.75, 3.05) is 32.2 Å². The standard InChI is InChI=1S/C42H56ClN5O5S/c1-7-48-23-21-34(44-48)16-20-40(49)45-54(51,30(4)28(2)10-8-12-38(52-6)35-17-13-29(35)3)46-41(50)32-14-19-39-37(25-32)47(5)26-42(27-53-39)22-9-11-31-24-33(43)15-18-36(31)42/h8,12,14-15,18-19,21,23-25,28-30,35,38H,7,9-11,13,16-17,20,22,26-27H2,1-6H3,(H,45,46,49,50,51)/b12-8+/t28-,29+,30+,35+,38-,42-,54?/m0/s1. The van der Waals surface area contributed by atoms with Crippen LogP contribution in [0, 0.1) is 17.8 Å². The summed E-state index contributed by atoms with van der Waals surface area (Å²) in [5.41, 5.74) is 4.09. The number of fused-ring (bicyclic) bond motifs is 3. The highest BCUT2D eigenvalue weighted by atomic mass is 35.5. The molecule has 292 valence electrons. The molecule has 0 bridgehead atoms. The van der Waals surface area contributed by atoms with Crippen molar-refractivity contribution < 1.29 is 23.3 Å². The monoisotopic (exact) mass is 777 g/mol. The first-order chi connectivity index (χ1) is 25.8. The summed E-state index contributed by atoms with van der Waals surface area (Å²) in [5, 5.41) is 4.57. The van der Waals surface area contributed by atoms with Crippen molar-refractivity contribution in [3.8, 4) is 5.75 Å². The number of likely N-dealkylation sites (N-methyl/N-ethyl adjacent to an activating group) is 1. The van der Waals surface area contributed by atoms with Gasteiger partial charge >= 0.3 is 0 Å². The molecule has 7 atom stereocenters. The van der Waals surface area contributed by atoms with E-state index < -0.39 is 27.0 Å². The Kier molecular flexibility index (Phi) is 12.6. The zero-order valence-corrected chi connectivity index (χ0v) is 34.1. The van der Waals surface area contributed by atoms with Crippen LogP contribution in [-0.4, -0.2) is 64.5 Å². The summed E-state index contributed by atoms with van der Waals surface area (Å²) in [6, 6.07) is 13.2. The third kappa shape index (κ3) is 8.74. The van der Waals surface area contributed by atoms with E-state index in [1.165, 1.54) is 17.5 Å². The summed E-state index contributed by atoms with van der Waals surface area (Å²) in [6.07, 6.45) is 12.4. The van der Waals surface area contributed by atoms with E-state index >= 15 is 0 Å². The van der Waals surface area contributed by atoms with Gasteiger partial charge in [0.25, 0.3) is 5.91 Å². The molecule has 2 aliphatic carbocycles. The van der Waals surface area contributed by atoms with Crippen LogP contribution in [0.2, 0.25) is 5.02 Å². The van der Waals surface area contributed by atoms with Gasteiger partial charge in [-0.1, -0.05) is 43.7 Å². The second-order valence-corrected chi connectivity index (χ2v) is 18.4. The largest absolute Gasteiger partial charge is 0.490 e. The zero-order chi connectivity index (χ0) is 38.6. The zero-order valence-electron chi connectivity index (χ0n) is 32.6. The number of hydrogen-bond donors (Lipinski definition) is 1. The first kappa shape index (κ1) is 40.0. The van der Waals surface area contributed by atoms with E-state index in [0.29, 0.717) is 43.6 Å². The lowest BCUT2D eigenvalue weighted by atomic mass is 9.70. The highest BCUT2D eigenvalue weighted by molar-refractivity contribution is 7.93. The van der Waals surface area contributed by atoms with E-state index in [9.17, 15) is 13.8 Å². The molecule has 12 heteroatoms. The molecule has 3 aromatic rings. The summed E-state index contributed by atoms with van der Waals surface area (Å²) < 4.78 is 36.0. The fraction of sp³-hybridized carbons (Fsp3) is 0.548. The molecule has 0 radical (unpaired) electrons. The van der Waals surface area contributed by atoms with Gasteiger partial charge in [0.15, 0.2) is 0 Å². The van der Waals surface area contributed by atoms with Gasteiger partial charge in [-0.3, -0.25) is 19.0 Å². The lowest BCUT2D eigenvalue weighted by Crippen LogP contribution is -2.44. The Morgan fingerprint density at radius 3 is 2.72 bits per heavy atom. The minimum Gasteiger partial charge on any atom is -0.490 e. The second kappa shape index (κ2) is 17.0. The lowest BCUT2D eigenvalue weighted by molar-refractivity contribution is -0.119. The van der Waals surface area contributed by atoms with E-state index in [-0.39, 0.29) is 29.4 Å². The number of ether oxygens (including phenoxy) is 2. The van der Waals surface area contributed by atoms with Gasteiger partial charge in [0, 0.05) is 62.3 Å². The number of halogens is 1. The number of carbonyl (C=O) groups is 2. The van der Waals surface area contributed by atoms with Crippen LogP contribution in [0.4, 0.5) is 5.69 Å².